The average molecular weight is 197 g/mol. The van der Waals surface area contributed by atoms with E-state index in [9.17, 15) is 0 Å². The summed E-state index contributed by atoms with van der Waals surface area (Å²) in [5.41, 5.74) is 1.40. The van der Waals surface area contributed by atoms with Gasteiger partial charge in [-0.2, -0.15) is 0 Å². The lowest BCUT2D eigenvalue weighted by Crippen LogP contribution is -2.15. The van der Waals surface area contributed by atoms with E-state index in [1.54, 1.807) is 0 Å². The van der Waals surface area contributed by atoms with E-state index in [0.717, 1.165) is 6.54 Å². The molecular formula is C13H27N. The van der Waals surface area contributed by atoms with E-state index in [1.165, 1.54) is 50.6 Å². The summed E-state index contributed by atoms with van der Waals surface area (Å²) in [6, 6.07) is 0. The molecule has 0 bridgehead atoms. The molecule has 0 atom stereocenters. The molecule has 0 aliphatic rings. The third-order valence-electron chi connectivity index (χ3n) is 2.36. The highest BCUT2D eigenvalue weighted by Gasteiger charge is 1.89. The molecule has 0 rings (SSSR count). The zero-order chi connectivity index (χ0) is 10.6. The Morgan fingerprint density at radius 3 is 2.29 bits per heavy atom. The van der Waals surface area contributed by atoms with E-state index in [0.29, 0.717) is 0 Å². The van der Waals surface area contributed by atoms with Gasteiger partial charge in [-0.15, -0.1) is 0 Å². The van der Waals surface area contributed by atoms with Gasteiger partial charge in [0.05, 0.1) is 0 Å². The first kappa shape index (κ1) is 13.7. The lowest BCUT2D eigenvalue weighted by atomic mass is 10.1. The normalized spacial score (nSPS) is 10.2. The fourth-order valence-corrected chi connectivity index (χ4v) is 1.41. The van der Waals surface area contributed by atoms with E-state index >= 15 is 0 Å². The van der Waals surface area contributed by atoms with Gasteiger partial charge in [0.25, 0.3) is 0 Å². The van der Waals surface area contributed by atoms with Crippen molar-refractivity contribution in [1.29, 1.82) is 0 Å². The van der Waals surface area contributed by atoms with Crippen LogP contribution < -0.4 is 5.32 Å². The zero-order valence-corrected chi connectivity index (χ0v) is 10.2. The molecule has 0 unspecified atom stereocenters. The molecule has 0 saturated carbocycles. The van der Waals surface area contributed by atoms with Gasteiger partial charge in [-0.3, -0.25) is 0 Å². The quantitative estimate of drug-likeness (QED) is 0.436. The predicted octanol–water partition coefficient (Wildman–Crippen LogP) is 3.90. The number of nitrogens with one attached hydrogen (secondary N) is 1. The standard InChI is InChI=1S/C13H27N/c1-4-5-6-7-8-9-11-14-12-10-13(2)3/h10,14H,4-9,11-12H2,1-3H3. The number of allylic oxidation sites excluding steroid dienone is 1. The molecule has 1 N–H and O–H groups in total. The third-order valence-corrected chi connectivity index (χ3v) is 2.36. The van der Waals surface area contributed by atoms with Gasteiger partial charge in [-0.1, -0.05) is 50.7 Å². The van der Waals surface area contributed by atoms with Gasteiger partial charge in [-0.05, 0) is 26.8 Å². The summed E-state index contributed by atoms with van der Waals surface area (Å²) in [7, 11) is 0. The van der Waals surface area contributed by atoms with E-state index in [2.05, 4.69) is 32.2 Å². The van der Waals surface area contributed by atoms with Crippen LogP contribution in [0.1, 0.15) is 59.3 Å². The van der Waals surface area contributed by atoms with Crippen LogP contribution in [0.5, 0.6) is 0 Å². The van der Waals surface area contributed by atoms with Crippen molar-refractivity contribution in [2.75, 3.05) is 13.1 Å². The molecule has 1 nitrogen and oxygen atoms in total. The molecule has 0 saturated heterocycles. The van der Waals surface area contributed by atoms with E-state index in [4.69, 9.17) is 0 Å². The Morgan fingerprint density at radius 2 is 1.64 bits per heavy atom. The number of hydrogen-bond acceptors (Lipinski definition) is 1. The SMILES string of the molecule is CCCCCCCCNCC=C(C)C. The van der Waals surface area contributed by atoms with Crippen LogP contribution >= 0.6 is 0 Å². The van der Waals surface area contributed by atoms with Crippen molar-refractivity contribution in [3.8, 4) is 0 Å². The zero-order valence-electron chi connectivity index (χ0n) is 10.2. The first-order valence-electron chi connectivity index (χ1n) is 6.11. The maximum absolute atomic E-state index is 3.43. The summed E-state index contributed by atoms with van der Waals surface area (Å²) in [4.78, 5) is 0. The minimum Gasteiger partial charge on any atom is -0.313 e. The van der Waals surface area contributed by atoms with Crippen molar-refractivity contribution < 1.29 is 0 Å². The van der Waals surface area contributed by atoms with Crippen LogP contribution in [0.3, 0.4) is 0 Å². The van der Waals surface area contributed by atoms with Gasteiger partial charge in [0.15, 0.2) is 0 Å². The van der Waals surface area contributed by atoms with Gasteiger partial charge in [0, 0.05) is 6.54 Å². The number of hydrogen-bond donors (Lipinski definition) is 1. The van der Waals surface area contributed by atoms with Crippen molar-refractivity contribution in [2.24, 2.45) is 0 Å². The maximum atomic E-state index is 3.43. The lowest BCUT2D eigenvalue weighted by Gasteiger charge is -2.02. The number of rotatable bonds is 9. The molecule has 0 heterocycles. The fourth-order valence-electron chi connectivity index (χ4n) is 1.41. The summed E-state index contributed by atoms with van der Waals surface area (Å²) in [6.45, 7) is 8.77. The Balaban J connectivity index is 2.96. The first-order valence-corrected chi connectivity index (χ1v) is 6.11. The molecule has 0 fully saturated rings. The van der Waals surface area contributed by atoms with Crippen molar-refractivity contribution in [1.82, 2.24) is 5.32 Å². The maximum Gasteiger partial charge on any atom is 0.0137 e. The molecule has 14 heavy (non-hydrogen) atoms. The molecule has 0 aromatic carbocycles. The van der Waals surface area contributed by atoms with Crippen molar-refractivity contribution in [3.63, 3.8) is 0 Å². The Bertz CT molecular complexity index is 134. The smallest absolute Gasteiger partial charge is 0.0137 e. The van der Waals surface area contributed by atoms with Crippen LogP contribution in [-0.2, 0) is 0 Å². The molecule has 0 aromatic heterocycles. The molecule has 84 valence electrons. The highest BCUT2D eigenvalue weighted by molar-refractivity contribution is 4.94. The molecule has 1 heteroatoms. The largest absolute Gasteiger partial charge is 0.313 e. The van der Waals surface area contributed by atoms with Gasteiger partial charge in [0.2, 0.25) is 0 Å². The van der Waals surface area contributed by atoms with Crippen LogP contribution in [-0.4, -0.2) is 13.1 Å². The topological polar surface area (TPSA) is 12.0 Å². The fraction of sp³-hybridized carbons (Fsp3) is 0.846. The second kappa shape index (κ2) is 10.8. The van der Waals surface area contributed by atoms with Crippen LogP contribution in [0.15, 0.2) is 11.6 Å². The van der Waals surface area contributed by atoms with Crippen molar-refractivity contribution >= 4 is 0 Å². The Hall–Kier alpha value is -0.300. The van der Waals surface area contributed by atoms with Crippen molar-refractivity contribution in [2.45, 2.75) is 59.3 Å². The highest BCUT2D eigenvalue weighted by Crippen LogP contribution is 2.03. The molecular weight excluding hydrogens is 170 g/mol. The van der Waals surface area contributed by atoms with Crippen LogP contribution in [0.4, 0.5) is 0 Å². The molecule has 0 spiro atoms. The Kier molecular flexibility index (Phi) is 10.5. The monoisotopic (exact) mass is 197 g/mol. The van der Waals surface area contributed by atoms with Gasteiger partial charge in [-0.25, -0.2) is 0 Å². The molecule has 0 radical (unpaired) electrons. The summed E-state index contributed by atoms with van der Waals surface area (Å²) in [5.74, 6) is 0. The Morgan fingerprint density at radius 1 is 1.00 bits per heavy atom. The highest BCUT2D eigenvalue weighted by atomic mass is 14.8. The second-order valence-electron chi connectivity index (χ2n) is 4.25. The second-order valence-corrected chi connectivity index (χ2v) is 4.25. The summed E-state index contributed by atoms with van der Waals surface area (Å²) < 4.78 is 0. The van der Waals surface area contributed by atoms with E-state index in [-0.39, 0.29) is 0 Å². The van der Waals surface area contributed by atoms with E-state index in [1.807, 2.05) is 0 Å². The van der Waals surface area contributed by atoms with Crippen LogP contribution in [0, 0.1) is 0 Å². The molecule has 0 aromatic rings. The molecule has 0 amide bonds. The van der Waals surface area contributed by atoms with Crippen molar-refractivity contribution in [3.05, 3.63) is 11.6 Å². The summed E-state index contributed by atoms with van der Waals surface area (Å²) in [5, 5.41) is 3.43. The first-order chi connectivity index (χ1) is 6.77. The average Bonchev–Trinajstić information content (AvgIpc) is 2.15. The van der Waals surface area contributed by atoms with E-state index < -0.39 is 0 Å². The van der Waals surface area contributed by atoms with Gasteiger partial charge < -0.3 is 5.32 Å². The summed E-state index contributed by atoms with van der Waals surface area (Å²) in [6.07, 6.45) is 10.6. The molecule has 0 aliphatic heterocycles. The minimum absolute atomic E-state index is 1.04. The van der Waals surface area contributed by atoms with Crippen LogP contribution in [0.2, 0.25) is 0 Å². The third kappa shape index (κ3) is 11.7. The van der Waals surface area contributed by atoms with Gasteiger partial charge in [0.1, 0.15) is 0 Å². The minimum atomic E-state index is 1.04. The predicted molar refractivity (Wildman–Crippen MR) is 65.7 cm³/mol. The van der Waals surface area contributed by atoms with Crippen LogP contribution in [0.25, 0.3) is 0 Å². The molecule has 0 aliphatic carbocycles. The van der Waals surface area contributed by atoms with Gasteiger partial charge >= 0.3 is 0 Å². The summed E-state index contributed by atoms with van der Waals surface area (Å²) >= 11 is 0. The lowest BCUT2D eigenvalue weighted by molar-refractivity contribution is 0.585. The number of unbranched alkanes of at least 4 members (excludes halogenated alkanes) is 5. The Labute approximate surface area is 90.0 Å².